The number of rotatable bonds is 4. The second-order valence-corrected chi connectivity index (χ2v) is 6.27. The third-order valence-electron chi connectivity index (χ3n) is 4.15. The molecule has 3 aromatic carbocycles. The van der Waals surface area contributed by atoms with E-state index in [0.717, 1.165) is 27.6 Å². The molecular weight excluding hydrogens is 346 g/mol. The smallest absolute Gasteiger partial charge is 0.224 e. The molecule has 0 amide bonds. The van der Waals surface area contributed by atoms with E-state index in [1.54, 1.807) is 12.1 Å². The van der Waals surface area contributed by atoms with E-state index in [1.807, 2.05) is 42.5 Å². The van der Waals surface area contributed by atoms with Crippen LogP contribution in [-0.4, -0.2) is 15.1 Å². The zero-order valence-electron chi connectivity index (χ0n) is 13.9. The van der Waals surface area contributed by atoms with Gasteiger partial charge >= 0.3 is 0 Å². The van der Waals surface area contributed by atoms with Crippen molar-refractivity contribution in [1.82, 2.24) is 9.97 Å². The molecule has 1 heterocycles. The molecule has 4 aromatic rings. The molecule has 0 fully saturated rings. The van der Waals surface area contributed by atoms with Gasteiger partial charge in [0.05, 0.1) is 10.9 Å². The van der Waals surface area contributed by atoms with E-state index >= 15 is 0 Å². The Morgan fingerprint density at radius 3 is 2.50 bits per heavy atom. The zero-order valence-corrected chi connectivity index (χ0v) is 14.6. The molecule has 0 unspecified atom stereocenters. The van der Waals surface area contributed by atoms with Crippen LogP contribution < -0.4 is 5.32 Å². The summed E-state index contributed by atoms with van der Waals surface area (Å²) in [7, 11) is 0. The summed E-state index contributed by atoms with van der Waals surface area (Å²) in [5, 5.41) is 14.1. The van der Waals surface area contributed by atoms with E-state index in [4.69, 9.17) is 11.6 Å². The molecule has 0 aliphatic rings. The van der Waals surface area contributed by atoms with Crippen LogP contribution in [-0.2, 0) is 6.54 Å². The minimum absolute atomic E-state index is 0.195. The Morgan fingerprint density at radius 1 is 0.885 bits per heavy atom. The summed E-state index contributed by atoms with van der Waals surface area (Å²) < 4.78 is 0. The molecule has 26 heavy (non-hydrogen) atoms. The molecule has 0 atom stereocenters. The Morgan fingerprint density at radius 2 is 1.69 bits per heavy atom. The molecule has 0 aliphatic heterocycles. The minimum Gasteiger partial charge on any atom is -0.508 e. The van der Waals surface area contributed by atoms with E-state index in [0.29, 0.717) is 12.4 Å². The van der Waals surface area contributed by atoms with Crippen LogP contribution in [0.4, 0.5) is 5.82 Å². The molecule has 0 aliphatic carbocycles. The standard InChI is InChI=1S/C21H16ClN3O/c22-21-24-18-11-5-10-17(15-7-2-1-3-8-15)19(18)20(25-21)23-13-14-6-4-9-16(26)12-14/h1-12,26H,13H2,(H,23,24,25). The minimum atomic E-state index is 0.195. The van der Waals surface area contributed by atoms with Crippen molar-refractivity contribution in [3.63, 3.8) is 0 Å². The highest BCUT2D eigenvalue weighted by Gasteiger charge is 2.12. The van der Waals surface area contributed by atoms with Gasteiger partial charge in [0.1, 0.15) is 11.6 Å². The summed E-state index contributed by atoms with van der Waals surface area (Å²) in [4.78, 5) is 8.77. The van der Waals surface area contributed by atoms with Crippen molar-refractivity contribution in [2.45, 2.75) is 6.54 Å². The van der Waals surface area contributed by atoms with Crippen LogP contribution in [0.5, 0.6) is 5.75 Å². The van der Waals surface area contributed by atoms with Crippen molar-refractivity contribution < 1.29 is 5.11 Å². The summed E-state index contributed by atoms with van der Waals surface area (Å²) in [5.41, 5.74) is 3.86. The van der Waals surface area contributed by atoms with Gasteiger partial charge in [-0.2, -0.15) is 0 Å². The third-order valence-corrected chi connectivity index (χ3v) is 4.32. The van der Waals surface area contributed by atoms with Gasteiger partial charge in [-0.05, 0) is 46.5 Å². The monoisotopic (exact) mass is 361 g/mol. The molecule has 4 rings (SSSR count). The summed E-state index contributed by atoms with van der Waals surface area (Å²) in [6.45, 7) is 0.514. The maximum absolute atomic E-state index is 9.64. The lowest BCUT2D eigenvalue weighted by atomic mass is 10.0. The van der Waals surface area contributed by atoms with Crippen molar-refractivity contribution in [2.24, 2.45) is 0 Å². The molecule has 4 nitrogen and oxygen atoms in total. The van der Waals surface area contributed by atoms with Crippen LogP contribution in [0.15, 0.2) is 72.8 Å². The predicted molar refractivity (Wildman–Crippen MR) is 105 cm³/mol. The van der Waals surface area contributed by atoms with Gasteiger partial charge in [-0.3, -0.25) is 0 Å². The van der Waals surface area contributed by atoms with Gasteiger partial charge in [0, 0.05) is 6.54 Å². The summed E-state index contributed by atoms with van der Waals surface area (Å²) in [5.74, 6) is 0.905. The molecule has 0 bridgehead atoms. The molecule has 0 spiro atoms. The highest BCUT2D eigenvalue weighted by atomic mass is 35.5. The molecule has 0 saturated heterocycles. The average molecular weight is 362 g/mol. The van der Waals surface area contributed by atoms with Crippen molar-refractivity contribution in [3.05, 3.63) is 83.6 Å². The fourth-order valence-corrected chi connectivity index (χ4v) is 3.17. The fourth-order valence-electron chi connectivity index (χ4n) is 2.99. The van der Waals surface area contributed by atoms with Gasteiger partial charge in [0.2, 0.25) is 5.28 Å². The van der Waals surface area contributed by atoms with Crippen molar-refractivity contribution in [3.8, 4) is 16.9 Å². The number of fused-ring (bicyclic) bond motifs is 1. The normalized spacial score (nSPS) is 10.8. The van der Waals surface area contributed by atoms with Crippen molar-refractivity contribution >= 4 is 28.3 Å². The lowest BCUT2D eigenvalue weighted by Crippen LogP contribution is -2.04. The van der Waals surface area contributed by atoms with Crippen LogP contribution in [0.3, 0.4) is 0 Å². The van der Waals surface area contributed by atoms with E-state index in [2.05, 4.69) is 33.5 Å². The Bertz CT molecular complexity index is 1070. The van der Waals surface area contributed by atoms with Crippen LogP contribution in [0, 0.1) is 0 Å². The first kappa shape index (κ1) is 16.4. The van der Waals surface area contributed by atoms with Gasteiger partial charge in [-0.15, -0.1) is 0 Å². The maximum atomic E-state index is 9.64. The SMILES string of the molecule is Oc1cccc(CNc2nc(Cl)nc3cccc(-c4ccccc4)c23)c1. The van der Waals surface area contributed by atoms with E-state index in [-0.39, 0.29) is 11.0 Å². The number of halogens is 1. The molecule has 0 saturated carbocycles. The number of aromatic nitrogens is 2. The Hall–Kier alpha value is -3.11. The average Bonchev–Trinajstić information content (AvgIpc) is 2.66. The van der Waals surface area contributed by atoms with Gasteiger partial charge in [0.15, 0.2) is 0 Å². The van der Waals surface area contributed by atoms with Gasteiger partial charge in [-0.25, -0.2) is 9.97 Å². The topological polar surface area (TPSA) is 58.0 Å². The number of phenolic OH excluding ortho intramolecular Hbond substituents is 1. The molecule has 0 radical (unpaired) electrons. The highest BCUT2D eigenvalue weighted by Crippen LogP contribution is 2.33. The fraction of sp³-hybridized carbons (Fsp3) is 0.0476. The third kappa shape index (κ3) is 3.32. The number of hydrogen-bond donors (Lipinski definition) is 2. The second-order valence-electron chi connectivity index (χ2n) is 5.93. The summed E-state index contributed by atoms with van der Waals surface area (Å²) in [6, 6.07) is 23.2. The Kier molecular flexibility index (Phi) is 4.42. The van der Waals surface area contributed by atoms with Crippen molar-refractivity contribution in [1.29, 1.82) is 0 Å². The first-order valence-electron chi connectivity index (χ1n) is 8.24. The summed E-state index contributed by atoms with van der Waals surface area (Å²) in [6.07, 6.45) is 0. The number of benzene rings is 3. The number of phenols is 1. The number of anilines is 1. The lowest BCUT2D eigenvalue weighted by molar-refractivity contribution is 0.474. The first-order valence-corrected chi connectivity index (χ1v) is 8.62. The largest absolute Gasteiger partial charge is 0.508 e. The quantitative estimate of drug-likeness (QED) is 0.486. The molecule has 1 aromatic heterocycles. The molecule has 128 valence electrons. The van der Waals surface area contributed by atoms with Crippen molar-refractivity contribution in [2.75, 3.05) is 5.32 Å². The molecule has 5 heteroatoms. The zero-order chi connectivity index (χ0) is 17.9. The second kappa shape index (κ2) is 7.02. The first-order chi connectivity index (χ1) is 12.7. The van der Waals surface area contributed by atoms with Crippen LogP contribution in [0.25, 0.3) is 22.0 Å². The lowest BCUT2D eigenvalue weighted by Gasteiger charge is -2.13. The van der Waals surface area contributed by atoms with Gasteiger partial charge in [0.25, 0.3) is 0 Å². The van der Waals surface area contributed by atoms with E-state index in [1.165, 1.54) is 0 Å². The Balaban J connectivity index is 1.80. The maximum Gasteiger partial charge on any atom is 0.224 e. The number of hydrogen-bond acceptors (Lipinski definition) is 4. The predicted octanol–water partition coefficient (Wildman–Crippen LogP) is 5.27. The van der Waals surface area contributed by atoms with E-state index < -0.39 is 0 Å². The number of nitrogens with zero attached hydrogens (tertiary/aromatic N) is 2. The van der Waals surface area contributed by atoms with Crippen LogP contribution >= 0.6 is 11.6 Å². The Labute approximate surface area is 156 Å². The molecular formula is C21H16ClN3O. The molecule has 2 N–H and O–H groups in total. The van der Waals surface area contributed by atoms with Crippen LogP contribution in [0.2, 0.25) is 5.28 Å². The highest BCUT2D eigenvalue weighted by molar-refractivity contribution is 6.29. The van der Waals surface area contributed by atoms with Gasteiger partial charge in [-0.1, -0.05) is 54.6 Å². The van der Waals surface area contributed by atoms with E-state index in [9.17, 15) is 5.11 Å². The van der Waals surface area contributed by atoms with Crippen LogP contribution in [0.1, 0.15) is 5.56 Å². The number of aromatic hydroxyl groups is 1. The summed E-state index contributed by atoms with van der Waals surface area (Å²) >= 11 is 6.13. The van der Waals surface area contributed by atoms with Gasteiger partial charge < -0.3 is 10.4 Å². The number of nitrogens with one attached hydrogen (secondary N) is 1.